The summed E-state index contributed by atoms with van der Waals surface area (Å²) in [5.74, 6) is 0.715. The van der Waals surface area contributed by atoms with E-state index in [1.54, 1.807) is 0 Å². The molecule has 0 bridgehead atoms. The SMILES string of the molecule is Cc1ccc2c(c1)C(=O)C(NC(=O)C1CC1)CCO2. The molecule has 1 amide bonds. The van der Waals surface area contributed by atoms with E-state index in [9.17, 15) is 9.59 Å². The topological polar surface area (TPSA) is 55.4 Å². The maximum atomic E-state index is 12.5. The van der Waals surface area contributed by atoms with Crippen LogP contribution in [0, 0.1) is 12.8 Å². The number of ether oxygens (including phenoxy) is 1. The minimum atomic E-state index is -0.448. The molecule has 1 aromatic carbocycles. The molecule has 1 aliphatic heterocycles. The van der Waals surface area contributed by atoms with Crippen molar-refractivity contribution in [3.63, 3.8) is 0 Å². The van der Waals surface area contributed by atoms with E-state index in [1.165, 1.54) is 0 Å². The first-order chi connectivity index (χ1) is 9.15. The van der Waals surface area contributed by atoms with Gasteiger partial charge in [-0.05, 0) is 31.9 Å². The van der Waals surface area contributed by atoms with Gasteiger partial charge >= 0.3 is 0 Å². The third-order valence-corrected chi connectivity index (χ3v) is 3.65. The standard InChI is InChI=1S/C15H17NO3/c1-9-2-5-13-11(8-9)14(17)12(6-7-19-13)16-15(18)10-3-4-10/h2,5,8,10,12H,3-4,6-7H2,1H3,(H,16,18). The van der Waals surface area contributed by atoms with Crippen LogP contribution in [0.4, 0.5) is 0 Å². The second-order valence-electron chi connectivity index (χ2n) is 5.34. The summed E-state index contributed by atoms with van der Waals surface area (Å²) in [4.78, 5) is 24.3. The highest BCUT2D eigenvalue weighted by atomic mass is 16.5. The number of ketones is 1. The Labute approximate surface area is 112 Å². The number of carbonyl (C=O) groups is 2. The van der Waals surface area contributed by atoms with Crippen LogP contribution in [0.25, 0.3) is 0 Å². The molecule has 1 unspecified atom stereocenters. The Kier molecular flexibility index (Phi) is 3.01. The van der Waals surface area contributed by atoms with Gasteiger partial charge in [0, 0.05) is 12.3 Å². The highest BCUT2D eigenvalue weighted by molar-refractivity contribution is 6.04. The first-order valence-corrected chi connectivity index (χ1v) is 6.73. The van der Waals surface area contributed by atoms with Crippen LogP contribution in [0.2, 0.25) is 0 Å². The van der Waals surface area contributed by atoms with Crippen LogP contribution in [-0.2, 0) is 4.79 Å². The minimum absolute atomic E-state index is 0.00875. The molecule has 1 atom stereocenters. The fourth-order valence-corrected chi connectivity index (χ4v) is 2.34. The van der Waals surface area contributed by atoms with E-state index in [4.69, 9.17) is 4.74 Å². The second-order valence-corrected chi connectivity index (χ2v) is 5.34. The van der Waals surface area contributed by atoms with Crippen LogP contribution in [-0.4, -0.2) is 24.3 Å². The van der Waals surface area contributed by atoms with Gasteiger partial charge in [0.1, 0.15) is 5.75 Å². The molecule has 0 saturated heterocycles. The van der Waals surface area contributed by atoms with Crippen LogP contribution >= 0.6 is 0 Å². The molecule has 2 aliphatic rings. The van der Waals surface area contributed by atoms with E-state index >= 15 is 0 Å². The minimum Gasteiger partial charge on any atom is -0.493 e. The Morgan fingerprint density at radius 2 is 2.11 bits per heavy atom. The Bertz CT molecular complexity index is 534. The van der Waals surface area contributed by atoms with Crippen molar-refractivity contribution < 1.29 is 14.3 Å². The predicted molar refractivity (Wildman–Crippen MR) is 70.3 cm³/mol. The lowest BCUT2D eigenvalue weighted by Crippen LogP contribution is -2.41. The van der Waals surface area contributed by atoms with Gasteiger partial charge in [-0.25, -0.2) is 0 Å². The summed E-state index contributed by atoms with van der Waals surface area (Å²) in [5.41, 5.74) is 1.60. The molecule has 0 spiro atoms. The summed E-state index contributed by atoms with van der Waals surface area (Å²) < 4.78 is 5.59. The van der Waals surface area contributed by atoms with E-state index in [-0.39, 0.29) is 17.6 Å². The van der Waals surface area contributed by atoms with E-state index in [0.29, 0.717) is 24.3 Å². The second kappa shape index (κ2) is 4.68. The predicted octanol–water partition coefficient (Wildman–Crippen LogP) is 1.86. The van der Waals surface area contributed by atoms with Gasteiger partial charge in [0.05, 0.1) is 18.2 Å². The maximum Gasteiger partial charge on any atom is 0.223 e. The molecule has 1 heterocycles. The monoisotopic (exact) mass is 259 g/mol. The average molecular weight is 259 g/mol. The van der Waals surface area contributed by atoms with Crippen LogP contribution in [0.15, 0.2) is 18.2 Å². The number of amides is 1. The molecule has 1 saturated carbocycles. The summed E-state index contributed by atoms with van der Waals surface area (Å²) in [6, 6.07) is 5.14. The number of hydrogen-bond acceptors (Lipinski definition) is 3. The Hall–Kier alpha value is -1.84. The van der Waals surface area contributed by atoms with Gasteiger partial charge in [0.15, 0.2) is 5.78 Å². The summed E-state index contributed by atoms with van der Waals surface area (Å²) in [5, 5.41) is 2.86. The number of fused-ring (bicyclic) bond motifs is 1. The van der Waals surface area contributed by atoms with E-state index in [1.807, 2.05) is 25.1 Å². The normalized spacial score (nSPS) is 22.2. The zero-order valence-electron chi connectivity index (χ0n) is 10.9. The van der Waals surface area contributed by atoms with Crippen molar-refractivity contribution in [3.8, 4) is 5.75 Å². The molecule has 1 aromatic rings. The lowest BCUT2D eigenvalue weighted by atomic mass is 10.00. The van der Waals surface area contributed by atoms with Crippen molar-refractivity contribution in [2.45, 2.75) is 32.2 Å². The third-order valence-electron chi connectivity index (χ3n) is 3.65. The average Bonchev–Trinajstić information content (AvgIpc) is 3.21. The molecule has 3 rings (SSSR count). The zero-order chi connectivity index (χ0) is 13.4. The number of aryl methyl sites for hydroxylation is 1. The van der Waals surface area contributed by atoms with Crippen LogP contribution in [0.3, 0.4) is 0 Å². The van der Waals surface area contributed by atoms with Crippen molar-refractivity contribution in [3.05, 3.63) is 29.3 Å². The van der Waals surface area contributed by atoms with Gasteiger partial charge in [0.2, 0.25) is 5.91 Å². The molecule has 0 aromatic heterocycles. The molecule has 1 fully saturated rings. The third kappa shape index (κ3) is 2.48. The fraction of sp³-hybridized carbons (Fsp3) is 0.467. The Morgan fingerprint density at radius 3 is 2.84 bits per heavy atom. The quantitative estimate of drug-likeness (QED) is 0.882. The molecule has 1 N–H and O–H groups in total. The molecular formula is C15H17NO3. The maximum absolute atomic E-state index is 12.5. The van der Waals surface area contributed by atoms with Crippen molar-refractivity contribution >= 4 is 11.7 Å². The summed E-state index contributed by atoms with van der Waals surface area (Å²) >= 11 is 0. The van der Waals surface area contributed by atoms with Gasteiger partial charge in [0.25, 0.3) is 0 Å². The van der Waals surface area contributed by atoms with Crippen molar-refractivity contribution in [1.82, 2.24) is 5.32 Å². The highest BCUT2D eigenvalue weighted by Crippen LogP contribution is 2.30. The lowest BCUT2D eigenvalue weighted by Gasteiger charge is -2.14. The van der Waals surface area contributed by atoms with Crippen molar-refractivity contribution in [2.24, 2.45) is 5.92 Å². The first-order valence-electron chi connectivity index (χ1n) is 6.73. The number of nitrogens with one attached hydrogen (secondary N) is 1. The molecule has 4 nitrogen and oxygen atoms in total. The van der Waals surface area contributed by atoms with Crippen LogP contribution in [0.5, 0.6) is 5.75 Å². The van der Waals surface area contributed by atoms with Crippen molar-refractivity contribution in [2.75, 3.05) is 6.61 Å². The number of carbonyl (C=O) groups excluding carboxylic acids is 2. The molecular weight excluding hydrogens is 242 g/mol. The lowest BCUT2D eigenvalue weighted by molar-refractivity contribution is -0.122. The first kappa shape index (κ1) is 12.2. The molecule has 100 valence electrons. The van der Waals surface area contributed by atoms with Crippen LogP contribution < -0.4 is 10.1 Å². The Balaban J connectivity index is 1.83. The van der Waals surface area contributed by atoms with E-state index in [0.717, 1.165) is 18.4 Å². The van der Waals surface area contributed by atoms with Gasteiger partial charge in [-0.1, -0.05) is 11.6 Å². The molecule has 0 radical (unpaired) electrons. The summed E-state index contributed by atoms with van der Waals surface area (Å²) in [6.45, 7) is 2.40. The number of benzene rings is 1. The number of Topliss-reactive ketones (excluding diaryl/α,β-unsaturated/α-hetero) is 1. The van der Waals surface area contributed by atoms with E-state index < -0.39 is 6.04 Å². The summed E-state index contributed by atoms with van der Waals surface area (Å²) in [6.07, 6.45) is 2.42. The van der Waals surface area contributed by atoms with Crippen LogP contribution in [0.1, 0.15) is 35.2 Å². The van der Waals surface area contributed by atoms with Gasteiger partial charge < -0.3 is 10.1 Å². The number of hydrogen-bond donors (Lipinski definition) is 1. The van der Waals surface area contributed by atoms with Gasteiger partial charge in [-0.3, -0.25) is 9.59 Å². The summed E-state index contributed by atoms with van der Waals surface area (Å²) in [7, 11) is 0. The smallest absolute Gasteiger partial charge is 0.223 e. The zero-order valence-corrected chi connectivity index (χ0v) is 10.9. The van der Waals surface area contributed by atoms with Gasteiger partial charge in [-0.15, -0.1) is 0 Å². The van der Waals surface area contributed by atoms with Gasteiger partial charge in [-0.2, -0.15) is 0 Å². The number of rotatable bonds is 2. The molecule has 4 heteroatoms. The fourth-order valence-electron chi connectivity index (χ4n) is 2.34. The van der Waals surface area contributed by atoms with Crippen molar-refractivity contribution in [1.29, 1.82) is 0 Å². The van der Waals surface area contributed by atoms with E-state index in [2.05, 4.69) is 5.32 Å². The largest absolute Gasteiger partial charge is 0.493 e. The molecule has 19 heavy (non-hydrogen) atoms. The molecule has 1 aliphatic carbocycles. The highest BCUT2D eigenvalue weighted by Gasteiger charge is 2.34. The Morgan fingerprint density at radius 1 is 1.32 bits per heavy atom.